The molecule has 0 bridgehead atoms. The van der Waals surface area contributed by atoms with Crippen molar-refractivity contribution in [1.82, 2.24) is 10.3 Å². The van der Waals surface area contributed by atoms with Gasteiger partial charge in [-0.25, -0.2) is 9.78 Å². The predicted octanol–water partition coefficient (Wildman–Crippen LogP) is 1.77. The van der Waals surface area contributed by atoms with Crippen LogP contribution in [-0.2, 0) is 6.54 Å². The Morgan fingerprint density at radius 2 is 2.17 bits per heavy atom. The number of hydrogen-bond donors (Lipinski definition) is 2. The third-order valence-corrected chi connectivity index (χ3v) is 3.12. The Bertz CT molecular complexity index is 549. The van der Waals surface area contributed by atoms with Crippen LogP contribution in [0.1, 0.15) is 25.7 Å². The van der Waals surface area contributed by atoms with Crippen LogP contribution in [0.2, 0.25) is 0 Å². The van der Waals surface area contributed by atoms with Crippen molar-refractivity contribution in [2.75, 3.05) is 0 Å². The van der Waals surface area contributed by atoms with Gasteiger partial charge >= 0.3 is 5.97 Å². The van der Waals surface area contributed by atoms with Crippen molar-refractivity contribution < 1.29 is 14.7 Å². The second kappa shape index (κ2) is 5.42. The Morgan fingerprint density at radius 1 is 1.33 bits per heavy atom. The summed E-state index contributed by atoms with van der Waals surface area (Å²) >= 11 is 1.56. The number of nitrogens with zero attached hydrogens (tertiary/aromatic N) is 1. The maximum Gasteiger partial charge on any atom is 0.354 e. The summed E-state index contributed by atoms with van der Waals surface area (Å²) in [5.74, 6) is -1.38. The number of carbonyl (C=O) groups excluding carboxylic acids is 1. The molecule has 0 spiro atoms. The molecule has 2 aromatic rings. The maximum atomic E-state index is 11.7. The molecule has 0 saturated heterocycles. The highest BCUT2D eigenvalue weighted by molar-refractivity contribution is 7.09. The fourth-order valence-electron chi connectivity index (χ4n) is 1.34. The molecule has 18 heavy (non-hydrogen) atoms. The SMILES string of the molecule is O=C(NCc1cccs1)c1ccc(C(=O)O)nc1. The standard InChI is InChI=1S/C12H10N2O3S/c15-11(14-7-9-2-1-5-18-9)8-3-4-10(12(16)17)13-6-8/h1-6H,7H2,(H,14,15)(H,16,17). The van der Waals surface area contributed by atoms with E-state index in [2.05, 4.69) is 10.3 Å². The zero-order valence-electron chi connectivity index (χ0n) is 9.29. The highest BCUT2D eigenvalue weighted by Gasteiger charge is 2.08. The van der Waals surface area contributed by atoms with Crippen LogP contribution in [0.5, 0.6) is 0 Å². The fourth-order valence-corrected chi connectivity index (χ4v) is 1.98. The molecular formula is C12H10N2O3S. The van der Waals surface area contributed by atoms with E-state index in [1.807, 2.05) is 17.5 Å². The van der Waals surface area contributed by atoms with Crippen molar-refractivity contribution in [3.63, 3.8) is 0 Å². The van der Waals surface area contributed by atoms with Gasteiger partial charge in [0.1, 0.15) is 5.69 Å². The van der Waals surface area contributed by atoms with Gasteiger partial charge in [0.15, 0.2) is 0 Å². The van der Waals surface area contributed by atoms with E-state index in [-0.39, 0.29) is 11.6 Å². The van der Waals surface area contributed by atoms with Gasteiger partial charge in [0.2, 0.25) is 0 Å². The Hall–Kier alpha value is -2.21. The van der Waals surface area contributed by atoms with Crippen molar-refractivity contribution >= 4 is 23.2 Å². The van der Waals surface area contributed by atoms with E-state index in [4.69, 9.17) is 5.11 Å². The summed E-state index contributed by atoms with van der Waals surface area (Å²) in [6.07, 6.45) is 1.26. The first-order chi connectivity index (χ1) is 8.66. The molecule has 2 heterocycles. The number of amides is 1. The van der Waals surface area contributed by atoms with E-state index in [1.165, 1.54) is 18.3 Å². The Kier molecular flexibility index (Phi) is 3.69. The van der Waals surface area contributed by atoms with Crippen LogP contribution in [-0.4, -0.2) is 22.0 Å². The van der Waals surface area contributed by atoms with Crippen molar-refractivity contribution in [3.05, 3.63) is 52.0 Å². The molecule has 5 nitrogen and oxygen atoms in total. The summed E-state index contributed by atoms with van der Waals surface area (Å²) in [7, 11) is 0. The second-order valence-electron chi connectivity index (χ2n) is 3.50. The van der Waals surface area contributed by atoms with Gasteiger partial charge in [0.05, 0.1) is 12.1 Å². The highest BCUT2D eigenvalue weighted by Crippen LogP contribution is 2.08. The van der Waals surface area contributed by atoms with Gasteiger partial charge < -0.3 is 10.4 Å². The van der Waals surface area contributed by atoms with Crippen LogP contribution in [0.15, 0.2) is 35.8 Å². The molecule has 2 N–H and O–H groups in total. The highest BCUT2D eigenvalue weighted by atomic mass is 32.1. The Morgan fingerprint density at radius 3 is 2.72 bits per heavy atom. The zero-order chi connectivity index (χ0) is 13.0. The lowest BCUT2D eigenvalue weighted by Gasteiger charge is -2.03. The smallest absolute Gasteiger partial charge is 0.354 e. The van der Waals surface area contributed by atoms with Gasteiger partial charge in [-0.3, -0.25) is 4.79 Å². The average molecular weight is 262 g/mol. The molecule has 92 valence electrons. The number of pyridine rings is 1. The van der Waals surface area contributed by atoms with E-state index < -0.39 is 5.97 Å². The summed E-state index contributed by atoms with van der Waals surface area (Å²) < 4.78 is 0. The number of hydrogen-bond acceptors (Lipinski definition) is 4. The van der Waals surface area contributed by atoms with Gasteiger partial charge in [-0.15, -0.1) is 11.3 Å². The molecule has 0 radical (unpaired) electrons. The minimum Gasteiger partial charge on any atom is -0.477 e. The van der Waals surface area contributed by atoms with Crippen LogP contribution in [0.3, 0.4) is 0 Å². The normalized spacial score (nSPS) is 10.0. The van der Waals surface area contributed by atoms with Gasteiger partial charge in [-0.1, -0.05) is 6.07 Å². The summed E-state index contributed by atoms with van der Waals surface area (Å²) in [6.45, 7) is 0.456. The lowest BCUT2D eigenvalue weighted by atomic mass is 10.2. The van der Waals surface area contributed by atoms with E-state index in [0.717, 1.165) is 4.88 Å². The number of thiophene rings is 1. The summed E-state index contributed by atoms with van der Waals surface area (Å²) in [6, 6.07) is 6.59. The van der Waals surface area contributed by atoms with E-state index in [9.17, 15) is 9.59 Å². The minimum atomic E-state index is -1.11. The van der Waals surface area contributed by atoms with Crippen molar-refractivity contribution in [2.24, 2.45) is 0 Å². The van der Waals surface area contributed by atoms with Gasteiger partial charge in [-0.2, -0.15) is 0 Å². The van der Waals surface area contributed by atoms with Crippen LogP contribution in [0.25, 0.3) is 0 Å². The largest absolute Gasteiger partial charge is 0.477 e. The first-order valence-corrected chi connectivity index (χ1v) is 6.04. The minimum absolute atomic E-state index is 0.0789. The topological polar surface area (TPSA) is 79.3 Å². The van der Waals surface area contributed by atoms with Gasteiger partial charge in [0.25, 0.3) is 5.91 Å². The molecule has 0 fully saturated rings. The number of nitrogens with one attached hydrogen (secondary N) is 1. The van der Waals surface area contributed by atoms with Gasteiger partial charge in [0, 0.05) is 11.1 Å². The molecule has 0 saturated carbocycles. The lowest BCUT2D eigenvalue weighted by molar-refractivity contribution is 0.0689. The van der Waals surface area contributed by atoms with Crippen molar-refractivity contribution in [2.45, 2.75) is 6.54 Å². The second-order valence-corrected chi connectivity index (χ2v) is 4.53. The van der Waals surface area contributed by atoms with E-state index in [0.29, 0.717) is 12.1 Å². The number of aromatic nitrogens is 1. The summed E-state index contributed by atoms with van der Waals surface area (Å²) in [5, 5.41) is 13.4. The fraction of sp³-hybridized carbons (Fsp3) is 0.0833. The first kappa shape index (κ1) is 12.3. The van der Waals surface area contributed by atoms with E-state index in [1.54, 1.807) is 11.3 Å². The molecule has 0 aliphatic rings. The summed E-state index contributed by atoms with van der Waals surface area (Å²) in [5.41, 5.74) is 0.265. The van der Waals surface area contributed by atoms with Crippen LogP contribution in [0, 0.1) is 0 Å². The zero-order valence-corrected chi connectivity index (χ0v) is 10.1. The molecule has 0 aliphatic carbocycles. The molecule has 1 amide bonds. The van der Waals surface area contributed by atoms with Gasteiger partial charge in [-0.05, 0) is 23.6 Å². The molecular weight excluding hydrogens is 252 g/mol. The molecule has 0 atom stereocenters. The number of carboxylic acids is 1. The molecule has 2 rings (SSSR count). The van der Waals surface area contributed by atoms with E-state index >= 15 is 0 Å². The molecule has 0 unspecified atom stereocenters. The number of rotatable bonds is 4. The van der Waals surface area contributed by atoms with Crippen molar-refractivity contribution in [1.29, 1.82) is 0 Å². The molecule has 0 aromatic carbocycles. The number of carbonyl (C=O) groups is 2. The third kappa shape index (κ3) is 2.92. The number of aromatic carboxylic acids is 1. The summed E-state index contributed by atoms with van der Waals surface area (Å²) in [4.78, 5) is 27.1. The van der Waals surface area contributed by atoms with Crippen LogP contribution in [0.4, 0.5) is 0 Å². The average Bonchev–Trinajstić information content (AvgIpc) is 2.89. The van der Waals surface area contributed by atoms with Crippen LogP contribution < -0.4 is 5.32 Å². The molecule has 0 aliphatic heterocycles. The molecule has 2 aromatic heterocycles. The monoisotopic (exact) mass is 262 g/mol. The Labute approximate surface area is 107 Å². The quantitative estimate of drug-likeness (QED) is 0.880. The number of carboxylic acid groups (broad SMARTS) is 1. The Balaban J connectivity index is 1.98. The third-order valence-electron chi connectivity index (χ3n) is 2.25. The lowest BCUT2D eigenvalue weighted by Crippen LogP contribution is -2.22. The maximum absolute atomic E-state index is 11.7. The van der Waals surface area contributed by atoms with Crippen molar-refractivity contribution in [3.8, 4) is 0 Å². The first-order valence-electron chi connectivity index (χ1n) is 5.17. The predicted molar refractivity (Wildman–Crippen MR) is 66.7 cm³/mol. The van der Waals surface area contributed by atoms with Crippen LogP contribution >= 0.6 is 11.3 Å². The molecule has 6 heteroatoms.